The van der Waals surface area contributed by atoms with Gasteiger partial charge >= 0.3 is 0 Å². The van der Waals surface area contributed by atoms with Gasteiger partial charge in [-0.05, 0) is 35.0 Å². The summed E-state index contributed by atoms with van der Waals surface area (Å²) in [4.78, 5) is 14.1. The fraction of sp³-hybridized carbons (Fsp3) is 0. The first kappa shape index (κ1) is 17.5. The predicted molar refractivity (Wildman–Crippen MR) is 116 cm³/mol. The SMILES string of the molecule is c1ccc2[nH]cnc2c1.c1ccc2[nH]cnc2c1.c1ccc2ccccc2c1. The molecule has 4 heteroatoms. The zero-order valence-corrected chi connectivity index (χ0v) is 15.3. The van der Waals surface area contributed by atoms with E-state index in [9.17, 15) is 0 Å². The molecule has 0 bridgehead atoms. The van der Waals surface area contributed by atoms with Gasteiger partial charge in [0.25, 0.3) is 0 Å². The Labute approximate surface area is 162 Å². The molecule has 136 valence electrons. The lowest BCUT2D eigenvalue weighted by atomic mass is 10.1. The summed E-state index contributed by atoms with van der Waals surface area (Å²) in [5.74, 6) is 0. The average molecular weight is 364 g/mol. The maximum Gasteiger partial charge on any atom is 0.0931 e. The van der Waals surface area contributed by atoms with Crippen molar-refractivity contribution in [3.05, 3.63) is 110 Å². The molecule has 6 rings (SSSR count). The Balaban J connectivity index is 0.000000103. The maximum absolute atomic E-state index is 4.06. The van der Waals surface area contributed by atoms with Crippen molar-refractivity contribution in [2.75, 3.05) is 0 Å². The van der Waals surface area contributed by atoms with Crippen LogP contribution in [0.3, 0.4) is 0 Å². The molecule has 0 saturated heterocycles. The minimum absolute atomic E-state index is 1.03. The van der Waals surface area contributed by atoms with E-state index in [1.807, 2.05) is 48.5 Å². The van der Waals surface area contributed by atoms with Gasteiger partial charge in [0.1, 0.15) is 0 Å². The van der Waals surface area contributed by atoms with Crippen molar-refractivity contribution in [3.8, 4) is 0 Å². The van der Waals surface area contributed by atoms with Crippen LogP contribution in [0, 0.1) is 0 Å². The standard InChI is InChI=1S/C10H8.2C7H6N2/c1-2-6-10-8-4-3-7-9(10)5-1;2*1-2-4-7-6(3-1)8-5-9-7/h1-8H;2*1-5H,(H,8,9). The molecule has 0 aliphatic rings. The Morgan fingerprint density at radius 2 is 0.786 bits per heavy atom. The zero-order valence-electron chi connectivity index (χ0n) is 15.3. The van der Waals surface area contributed by atoms with Crippen LogP contribution < -0.4 is 0 Å². The molecule has 0 unspecified atom stereocenters. The molecule has 0 spiro atoms. The monoisotopic (exact) mass is 364 g/mol. The summed E-state index contributed by atoms with van der Waals surface area (Å²) in [6.07, 6.45) is 3.40. The third kappa shape index (κ3) is 4.24. The van der Waals surface area contributed by atoms with Crippen molar-refractivity contribution in [3.63, 3.8) is 0 Å². The number of imidazole rings is 2. The number of aromatic nitrogens is 4. The van der Waals surface area contributed by atoms with Gasteiger partial charge in [-0.25, -0.2) is 9.97 Å². The predicted octanol–water partition coefficient (Wildman–Crippen LogP) is 5.97. The van der Waals surface area contributed by atoms with Crippen LogP contribution in [0.2, 0.25) is 0 Å². The van der Waals surface area contributed by atoms with Crippen molar-refractivity contribution in [2.24, 2.45) is 0 Å². The molecule has 0 aliphatic heterocycles. The van der Waals surface area contributed by atoms with E-state index in [-0.39, 0.29) is 0 Å². The van der Waals surface area contributed by atoms with Crippen LogP contribution in [0.15, 0.2) is 110 Å². The van der Waals surface area contributed by atoms with Gasteiger partial charge in [0, 0.05) is 0 Å². The summed E-state index contributed by atoms with van der Waals surface area (Å²) < 4.78 is 0. The highest BCUT2D eigenvalue weighted by molar-refractivity contribution is 5.82. The first-order valence-electron chi connectivity index (χ1n) is 9.10. The van der Waals surface area contributed by atoms with Gasteiger partial charge in [-0.2, -0.15) is 0 Å². The van der Waals surface area contributed by atoms with Gasteiger partial charge in [-0.3, -0.25) is 0 Å². The number of aromatic amines is 2. The topological polar surface area (TPSA) is 57.4 Å². The molecule has 4 aromatic carbocycles. The summed E-state index contributed by atoms with van der Waals surface area (Å²) in [5.41, 5.74) is 4.24. The van der Waals surface area contributed by atoms with Crippen molar-refractivity contribution >= 4 is 32.8 Å². The summed E-state index contributed by atoms with van der Waals surface area (Å²) in [6.45, 7) is 0. The Morgan fingerprint density at radius 1 is 0.429 bits per heavy atom. The number of rotatable bonds is 0. The van der Waals surface area contributed by atoms with E-state index in [2.05, 4.69) is 68.5 Å². The van der Waals surface area contributed by atoms with E-state index in [4.69, 9.17) is 0 Å². The second kappa shape index (κ2) is 8.64. The molecular formula is C24H20N4. The van der Waals surface area contributed by atoms with E-state index < -0.39 is 0 Å². The lowest BCUT2D eigenvalue weighted by molar-refractivity contribution is 1.34. The summed E-state index contributed by atoms with van der Waals surface area (Å²) in [5, 5.41) is 2.62. The van der Waals surface area contributed by atoms with Crippen LogP contribution in [-0.2, 0) is 0 Å². The normalized spacial score (nSPS) is 10.1. The molecule has 6 aromatic rings. The number of para-hydroxylation sites is 4. The van der Waals surface area contributed by atoms with Crippen molar-refractivity contribution in [2.45, 2.75) is 0 Å². The van der Waals surface area contributed by atoms with Crippen LogP contribution in [0.1, 0.15) is 0 Å². The minimum Gasteiger partial charge on any atom is -0.345 e. The molecule has 4 nitrogen and oxygen atoms in total. The van der Waals surface area contributed by atoms with Crippen LogP contribution >= 0.6 is 0 Å². The van der Waals surface area contributed by atoms with E-state index in [1.165, 1.54) is 10.8 Å². The van der Waals surface area contributed by atoms with Gasteiger partial charge in [-0.15, -0.1) is 0 Å². The number of hydrogen-bond donors (Lipinski definition) is 2. The Kier molecular flexibility index (Phi) is 5.40. The quantitative estimate of drug-likeness (QED) is 0.349. The molecule has 0 fully saturated rings. The van der Waals surface area contributed by atoms with Gasteiger partial charge < -0.3 is 9.97 Å². The molecule has 28 heavy (non-hydrogen) atoms. The fourth-order valence-electron chi connectivity index (χ4n) is 2.89. The summed E-state index contributed by atoms with van der Waals surface area (Å²) in [7, 11) is 0. The second-order valence-corrected chi connectivity index (χ2v) is 6.19. The smallest absolute Gasteiger partial charge is 0.0931 e. The van der Waals surface area contributed by atoms with E-state index in [1.54, 1.807) is 12.7 Å². The molecule has 2 heterocycles. The van der Waals surface area contributed by atoms with Gasteiger partial charge in [-0.1, -0.05) is 72.8 Å². The van der Waals surface area contributed by atoms with Gasteiger partial charge in [0.2, 0.25) is 0 Å². The number of hydrogen-bond acceptors (Lipinski definition) is 2. The Hall–Kier alpha value is -3.92. The van der Waals surface area contributed by atoms with Crippen molar-refractivity contribution in [1.29, 1.82) is 0 Å². The third-order valence-corrected chi connectivity index (χ3v) is 4.31. The highest BCUT2D eigenvalue weighted by Gasteiger charge is 1.89. The molecule has 0 radical (unpaired) electrons. The number of nitrogens with one attached hydrogen (secondary N) is 2. The first-order valence-corrected chi connectivity index (χ1v) is 9.10. The van der Waals surface area contributed by atoms with Crippen molar-refractivity contribution < 1.29 is 0 Å². The molecule has 0 amide bonds. The fourth-order valence-corrected chi connectivity index (χ4v) is 2.89. The van der Waals surface area contributed by atoms with Crippen molar-refractivity contribution in [1.82, 2.24) is 19.9 Å². The largest absolute Gasteiger partial charge is 0.345 e. The number of H-pyrrole nitrogens is 2. The number of nitrogens with zero attached hydrogens (tertiary/aromatic N) is 2. The average Bonchev–Trinajstić information content (AvgIpc) is 3.44. The van der Waals surface area contributed by atoms with Gasteiger partial charge in [0.05, 0.1) is 34.7 Å². The third-order valence-electron chi connectivity index (χ3n) is 4.31. The summed E-state index contributed by atoms with van der Waals surface area (Å²) >= 11 is 0. The van der Waals surface area contributed by atoms with Crippen LogP contribution in [0.25, 0.3) is 32.8 Å². The second-order valence-electron chi connectivity index (χ2n) is 6.19. The molecule has 2 N–H and O–H groups in total. The molecular weight excluding hydrogens is 344 g/mol. The first-order chi connectivity index (χ1) is 13.9. The number of benzene rings is 4. The maximum atomic E-state index is 4.06. The Bertz CT molecular complexity index is 1090. The van der Waals surface area contributed by atoms with Crippen LogP contribution in [0.4, 0.5) is 0 Å². The van der Waals surface area contributed by atoms with Crippen LogP contribution in [0.5, 0.6) is 0 Å². The molecule has 0 aliphatic carbocycles. The Morgan fingerprint density at radius 3 is 1.18 bits per heavy atom. The highest BCUT2D eigenvalue weighted by atomic mass is 14.9. The summed E-state index contributed by atoms with van der Waals surface area (Å²) in [6, 6.07) is 32.6. The number of fused-ring (bicyclic) bond motifs is 3. The minimum atomic E-state index is 1.03. The molecule has 2 aromatic heterocycles. The highest BCUT2D eigenvalue weighted by Crippen LogP contribution is 2.11. The van der Waals surface area contributed by atoms with Gasteiger partial charge in [0.15, 0.2) is 0 Å². The van der Waals surface area contributed by atoms with Crippen LogP contribution in [-0.4, -0.2) is 19.9 Å². The van der Waals surface area contributed by atoms with E-state index in [0.717, 1.165) is 22.1 Å². The lowest BCUT2D eigenvalue weighted by Crippen LogP contribution is -1.67. The van der Waals surface area contributed by atoms with E-state index in [0.29, 0.717) is 0 Å². The molecule has 0 atom stereocenters. The lowest BCUT2D eigenvalue weighted by Gasteiger charge is -1.92. The molecule has 0 saturated carbocycles. The zero-order chi connectivity index (χ0) is 19.0. The van der Waals surface area contributed by atoms with E-state index >= 15 is 0 Å².